The van der Waals surface area contributed by atoms with Gasteiger partial charge in [0.15, 0.2) is 0 Å². The van der Waals surface area contributed by atoms with Crippen LogP contribution in [0.1, 0.15) is 57.8 Å². The second-order valence-corrected chi connectivity index (χ2v) is 10.9. The van der Waals surface area contributed by atoms with E-state index in [-0.39, 0.29) is 38.8 Å². The molecule has 1 aliphatic heterocycles. The van der Waals surface area contributed by atoms with E-state index >= 15 is 0 Å². The summed E-state index contributed by atoms with van der Waals surface area (Å²) in [5.41, 5.74) is 11.0. The number of nitrogens with two attached hydrogens (primary N) is 2. The Hall–Kier alpha value is -4.89. The van der Waals surface area contributed by atoms with E-state index in [1.54, 1.807) is 0 Å². The third-order valence-electron chi connectivity index (χ3n) is 7.01. The molecule has 21 nitrogen and oxygen atoms in total. The summed E-state index contributed by atoms with van der Waals surface area (Å²) in [6, 6.07) is -10.4. The number of aliphatic carboxylic acids is 3. The van der Waals surface area contributed by atoms with Gasteiger partial charge < -0.3 is 63.8 Å². The van der Waals surface area contributed by atoms with Gasteiger partial charge in [0.05, 0.1) is 25.9 Å². The molecule has 21 heteroatoms. The molecular formula is C27H44N8O13. The predicted molar refractivity (Wildman–Crippen MR) is 161 cm³/mol. The Morgan fingerprint density at radius 1 is 0.458 bits per heavy atom. The average Bonchev–Trinajstić information content (AvgIpc) is 3.00. The summed E-state index contributed by atoms with van der Waals surface area (Å²) in [7, 11) is 0. The fourth-order valence-corrected chi connectivity index (χ4v) is 4.50. The molecule has 1 saturated heterocycles. The molecule has 0 bridgehead atoms. The highest BCUT2D eigenvalue weighted by molar-refractivity contribution is 6.00. The Morgan fingerprint density at radius 3 is 0.979 bits per heavy atom. The zero-order valence-corrected chi connectivity index (χ0v) is 26.1. The van der Waals surface area contributed by atoms with E-state index in [0.29, 0.717) is 12.8 Å². The topological polar surface area (TPSA) is 359 Å². The summed E-state index contributed by atoms with van der Waals surface area (Å²) < 4.78 is 0. The SMILES string of the molecule is NCCCC[C@@H]1NC(=O)[C@H](CC(=O)O)NC(=O)[C@H](CO)NC(=O)[C@H](CCCCN)NC(=O)[C@H](CC(=O)O)NC(=O)[C@H](CC(=O)O)NC1=O. The third kappa shape index (κ3) is 14.7. The molecule has 0 aromatic rings. The molecule has 0 radical (unpaired) electrons. The Balaban J connectivity index is 3.70. The number of aliphatic hydroxyl groups excluding tert-OH is 1. The van der Waals surface area contributed by atoms with E-state index in [1.165, 1.54) is 0 Å². The number of unbranched alkanes of at least 4 members (excludes halogenated alkanes) is 2. The molecule has 0 unspecified atom stereocenters. The van der Waals surface area contributed by atoms with Crippen LogP contribution in [0, 0.1) is 0 Å². The van der Waals surface area contributed by atoms with Crippen molar-refractivity contribution in [3.05, 3.63) is 0 Å². The van der Waals surface area contributed by atoms with Crippen molar-refractivity contribution in [2.24, 2.45) is 11.5 Å². The first-order valence-electron chi connectivity index (χ1n) is 15.1. The Kier molecular flexibility index (Phi) is 18.1. The summed E-state index contributed by atoms with van der Waals surface area (Å²) in [4.78, 5) is 114. The standard InChI is InChI=1S/C27H44N8O13/c28-7-3-1-5-13-22(43)32-17(11-21(41)42)26(47)33-15(9-19(37)38)24(45)31-14(6-2-4-8-29)23(44)35-18(12-36)27(48)34-16(10-20(39)40)25(46)30-13/h13-18,36H,1-12,28-29H2,(H,30,46)(H,31,45)(H,32,43)(H,33,47)(H,34,48)(H,35,44)(H,37,38)(H,39,40)(H,41,42)/t13-,14-,15-,16-,17-,18-/m0/s1. The minimum Gasteiger partial charge on any atom is -0.481 e. The quantitative estimate of drug-likeness (QED) is 0.0714. The first-order chi connectivity index (χ1) is 22.6. The molecule has 0 aromatic carbocycles. The number of carboxylic acids is 3. The van der Waals surface area contributed by atoms with Crippen molar-refractivity contribution in [2.75, 3.05) is 19.7 Å². The van der Waals surface area contributed by atoms with Gasteiger partial charge in [-0.2, -0.15) is 0 Å². The molecular weight excluding hydrogens is 644 g/mol. The first-order valence-corrected chi connectivity index (χ1v) is 15.1. The van der Waals surface area contributed by atoms with E-state index in [4.69, 9.17) is 11.5 Å². The smallest absolute Gasteiger partial charge is 0.305 e. The summed E-state index contributed by atoms with van der Waals surface area (Å²) in [6.07, 6.45) is -2.18. The molecule has 1 aliphatic rings. The fraction of sp³-hybridized carbons (Fsp3) is 0.667. The van der Waals surface area contributed by atoms with Gasteiger partial charge in [-0.1, -0.05) is 0 Å². The van der Waals surface area contributed by atoms with Gasteiger partial charge in [0.2, 0.25) is 35.4 Å². The van der Waals surface area contributed by atoms with Crippen molar-refractivity contribution in [3.8, 4) is 0 Å². The molecule has 48 heavy (non-hydrogen) atoms. The molecule has 0 saturated carbocycles. The van der Waals surface area contributed by atoms with Gasteiger partial charge in [-0.25, -0.2) is 0 Å². The lowest BCUT2D eigenvalue weighted by molar-refractivity contribution is -0.144. The van der Waals surface area contributed by atoms with Gasteiger partial charge in [-0.3, -0.25) is 43.2 Å². The van der Waals surface area contributed by atoms with Crippen molar-refractivity contribution in [2.45, 2.75) is 94.0 Å². The molecule has 6 atom stereocenters. The average molecular weight is 689 g/mol. The molecule has 1 heterocycles. The normalized spacial score (nSPS) is 24.8. The van der Waals surface area contributed by atoms with Crippen LogP contribution in [-0.4, -0.2) is 130 Å². The van der Waals surface area contributed by atoms with Crippen LogP contribution in [-0.2, 0) is 43.2 Å². The van der Waals surface area contributed by atoms with Gasteiger partial charge >= 0.3 is 17.9 Å². The first kappa shape index (κ1) is 41.1. The van der Waals surface area contributed by atoms with Gasteiger partial charge in [-0.05, 0) is 51.6 Å². The molecule has 14 N–H and O–H groups in total. The van der Waals surface area contributed by atoms with Crippen LogP contribution in [0.4, 0.5) is 0 Å². The highest BCUT2D eigenvalue weighted by atomic mass is 16.4. The van der Waals surface area contributed by atoms with Crippen molar-refractivity contribution in [1.29, 1.82) is 0 Å². The van der Waals surface area contributed by atoms with Crippen LogP contribution in [0.3, 0.4) is 0 Å². The summed E-state index contributed by atoms with van der Waals surface area (Å²) in [5.74, 6) is -11.7. The third-order valence-corrected chi connectivity index (χ3v) is 7.01. The molecule has 270 valence electrons. The van der Waals surface area contributed by atoms with Crippen LogP contribution in [0.2, 0.25) is 0 Å². The van der Waals surface area contributed by atoms with E-state index < -0.39 is 115 Å². The summed E-state index contributed by atoms with van der Waals surface area (Å²) in [5, 5.41) is 51.1. The van der Waals surface area contributed by atoms with Crippen molar-refractivity contribution in [1.82, 2.24) is 31.9 Å². The van der Waals surface area contributed by atoms with Crippen LogP contribution < -0.4 is 43.4 Å². The highest BCUT2D eigenvalue weighted by Gasteiger charge is 2.36. The van der Waals surface area contributed by atoms with Gasteiger partial charge in [0.25, 0.3) is 0 Å². The number of carbonyl (C=O) groups excluding carboxylic acids is 6. The van der Waals surface area contributed by atoms with Crippen LogP contribution in [0.15, 0.2) is 0 Å². The Bertz CT molecular complexity index is 1200. The minimum absolute atomic E-state index is 0.116. The van der Waals surface area contributed by atoms with Crippen LogP contribution in [0.25, 0.3) is 0 Å². The van der Waals surface area contributed by atoms with Crippen molar-refractivity contribution >= 4 is 53.4 Å². The maximum Gasteiger partial charge on any atom is 0.305 e. The number of carboxylic acid groups (broad SMARTS) is 3. The van der Waals surface area contributed by atoms with E-state index in [9.17, 15) is 63.6 Å². The maximum absolute atomic E-state index is 13.3. The number of hydrogen-bond acceptors (Lipinski definition) is 12. The Morgan fingerprint density at radius 2 is 0.708 bits per heavy atom. The largest absolute Gasteiger partial charge is 0.481 e. The number of hydrogen-bond donors (Lipinski definition) is 12. The lowest BCUT2D eigenvalue weighted by atomic mass is 10.0. The minimum atomic E-state index is -1.91. The zero-order chi connectivity index (χ0) is 36.4. The number of rotatable bonds is 15. The van der Waals surface area contributed by atoms with Crippen LogP contribution >= 0.6 is 0 Å². The molecule has 0 aromatic heterocycles. The second kappa shape index (κ2) is 21.1. The number of carbonyl (C=O) groups is 9. The second-order valence-electron chi connectivity index (χ2n) is 10.9. The lowest BCUT2D eigenvalue weighted by Gasteiger charge is -2.28. The van der Waals surface area contributed by atoms with Crippen molar-refractivity contribution < 1.29 is 63.6 Å². The van der Waals surface area contributed by atoms with Crippen molar-refractivity contribution in [3.63, 3.8) is 0 Å². The monoisotopic (exact) mass is 688 g/mol. The molecule has 6 amide bonds. The maximum atomic E-state index is 13.3. The molecule has 1 rings (SSSR count). The summed E-state index contributed by atoms with van der Waals surface area (Å²) in [6.45, 7) is -0.673. The molecule has 0 spiro atoms. The van der Waals surface area contributed by atoms with E-state index in [1.807, 2.05) is 0 Å². The number of nitrogens with one attached hydrogen (secondary N) is 6. The van der Waals surface area contributed by atoms with E-state index in [0.717, 1.165) is 0 Å². The zero-order valence-electron chi connectivity index (χ0n) is 26.1. The lowest BCUT2D eigenvalue weighted by Crippen LogP contribution is -2.62. The molecule has 0 aliphatic carbocycles. The van der Waals surface area contributed by atoms with Gasteiger partial charge in [0, 0.05) is 0 Å². The number of aliphatic hydroxyl groups is 1. The van der Waals surface area contributed by atoms with E-state index in [2.05, 4.69) is 31.9 Å². The molecule has 1 fully saturated rings. The number of amides is 6. The summed E-state index contributed by atoms with van der Waals surface area (Å²) >= 11 is 0. The van der Waals surface area contributed by atoms with Crippen LogP contribution in [0.5, 0.6) is 0 Å². The van der Waals surface area contributed by atoms with Gasteiger partial charge in [0.1, 0.15) is 36.3 Å². The predicted octanol–water partition coefficient (Wildman–Crippen LogP) is -5.42. The fourth-order valence-electron chi connectivity index (χ4n) is 4.50. The van der Waals surface area contributed by atoms with Gasteiger partial charge in [-0.15, -0.1) is 0 Å². The Labute approximate surface area is 274 Å². The highest BCUT2D eigenvalue weighted by Crippen LogP contribution is 2.08.